The van der Waals surface area contributed by atoms with E-state index in [-0.39, 0.29) is 18.1 Å². The fraction of sp³-hybridized carbons (Fsp3) is 0.440. The lowest BCUT2D eigenvalue weighted by Crippen LogP contribution is -2.38. The van der Waals surface area contributed by atoms with Crippen LogP contribution < -0.4 is 0 Å². The molecule has 3 rings (SSSR count). The number of hydrogen-bond acceptors (Lipinski definition) is 3. The molecule has 0 aliphatic heterocycles. The number of amides is 2. The summed E-state index contributed by atoms with van der Waals surface area (Å²) in [6, 6.07) is 11.9. The molecule has 32 heavy (non-hydrogen) atoms. The van der Waals surface area contributed by atoms with Gasteiger partial charge in [-0.15, -0.1) is 0 Å². The summed E-state index contributed by atoms with van der Waals surface area (Å²) in [5, 5.41) is 1.06. The fourth-order valence-corrected chi connectivity index (χ4v) is 4.53. The van der Waals surface area contributed by atoms with Crippen molar-refractivity contribution >= 4 is 35.7 Å². The number of nitrogens with zero attached hydrogens (tertiary/aromatic N) is 2. The van der Waals surface area contributed by atoms with Crippen molar-refractivity contribution in [1.82, 2.24) is 9.80 Å². The second kappa shape index (κ2) is 9.72. The molecule has 0 aromatic heterocycles. The SMILES string of the molecule is CN(C=O)Cc1ccc2c(c1)[C@@H](N(C)C(=O)OC(C)(C)C)CC[C@H]2c1ccc(Cl)c(Cl)c1. The summed E-state index contributed by atoms with van der Waals surface area (Å²) in [6.45, 7) is 6.08. The van der Waals surface area contributed by atoms with Crippen molar-refractivity contribution in [3.05, 3.63) is 68.7 Å². The highest BCUT2D eigenvalue weighted by atomic mass is 35.5. The number of carbonyl (C=O) groups is 2. The summed E-state index contributed by atoms with van der Waals surface area (Å²) in [7, 11) is 3.53. The molecule has 0 unspecified atom stereocenters. The maximum Gasteiger partial charge on any atom is 0.410 e. The molecule has 2 atom stereocenters. The number of hydrogen-bond donors (Lipinski definition) is 0. The molecule has 2 aromatic carbocycles. The summed E-state index contributed by atoms with van der Waals surface area (Å²) < 4.78 is 5.62. The third kappa shape index (κ3) is 5.57. The number of fused-ring (bicyclic) bond motifs is 1. The predicted molar refractivity (Wildman–Crippen MR) is 128 cm³/mol. The van der Waals surface area contributed by atoms with E-state index >= 15 is 0 Å². The van der Waals surface area contributed by atoms with Crippen LogP contribution >= 0.6 is 23.2 Å². The van der Waals surface area contributed by atoms with E-state index in [0.717, 1.165) is 41.5 Å². The van der Waals surface area contributed by atoms with Crippen molar-refractivity contribution in [2.24, 2.45) is 0 Å². The Hall–Kier alpha value is -2.24. The summed E-state index contributed by atoms with van der Waals surface area (Å²) in [6.07, 6.45) is 2.09. The van der Waals surface area contributed by atoms with Gasteiger partial charge in [0.15, 0.2) is 0 Å². The predicted octanol–water partition coefficient (Wildman–Crippen LogP) is 6.42. The Morgan fingerprint density at radius 1 is 1.06 bits per heavy atom. The highest BCUT2D eigenvalue weighted by Gasteiger charge is 2.34. The molecule has 0 saturated heterocycles. The third-order valence-electron chi connectivity index (χ3n) is 5.72. The van der Waals surface area contributed by atoms with E-state index in [4.69, 9.17) is 27.9 Å². The monoisotopic (exact) mass is 476 g/mol. The van der Waals surface area contributed by atoms with Crippen molar-refractivity contribution in [2.45, 2.75) is 57.7 Å². The number of benzene rings is 2. The van der Waals surface area contributed by atoms with Crippen LogP contribution in [0.4, 0.5) is 4.79 Å². The maximum atomic E-state index is 12.8. The zero-order valence-corrected chi connectivity index (χ0v) is 20.7. The first-order chi connectivity index (χ1) is 15.0. The molecule has 1 aliphatic rings. The van der Waals surface area contributed by atoms with Crippen LogP contribution in [0.3, 0.4) is 0 Å². The zero-order valence-electron chi connectivity index (χ0n) is 19.2. The maximum absolute atomic E-state index is 12.8. The minimum Gasteiger partial charge on any atom is -0.444 e. The van der Waals surface area contributed by atoms with E-state index < -0.39 is 5.60 Å². The Balaban J connectivity index is 2.02. The summed E-state index contributed by atoms with van der Waals surface area (Å²) in [5.74, 6) is 0.140. The molecule has 2 amide bonds. The van der Waals surface area contributed by atoms with Gasteiger partial charge in [0.05, 0.1) is 16.1 Å². The number of rotatable bonds is 5. The molecule has 5 nitrogen and oxygen atoms in total. The lowest BCUT2D eigenvalue weighted by atomic mass is 9.76. The topological polar surface area (TPSA) is 49.9 Å². The van der Waals surface area contributed by atoms with Gasteiger partial charge >= 0.3 is 6.09 Å². The molecule has 0 spiro atoms. The van der Waals surface area contributed by atoms with E-state index in [2.05, 4.69) is 12.1 Å². The highest BCUT2D eigenvalue weighted by molar-refractivity contribution is 6.42. The molecule has 7 heteroatoms. The van der Waals surface area contributed by atoms with E-state index in [1.54, 1.807) is 23.9 Å². The number of halogens is 2. The van der Waals surface area contributed by atoms with Gasteiger partial charge in [0.1, 0.15) is 5.60 Å². The van der Waals surface area contributed by atoms with Crippen LogP contribution in [0.15, 0.2) is 36.4 Å². The Labute approximate surface area is 200 Å². The van der Waals surface area contributed by atoms with Crippen LogP contribution in [0.1, 0.15) is 67.8 Å². The smallest absolute Gasteiger partial charge is 0.410 e. The van der Waals surface area contributed by atoms with Crippen LogP contribution in [0.5, 0.6) is 0 Å². The van der Waals surface area contributed by atoms with Crippen molar-refractivity contribution in [3.8, 4) is 0 Å². The van der Waals surface area contributed by atoms with Gasteiger partial charge < -0.3 is 14.5 Å². The zero-order chi connectivity index (χ0) is 23.6. The van der Waals surface area contributed by atoms with E-state index in [9.17, 15) is 9.59 Å². The largest absolute Gasteiger partial charge is 0.444 e. The van der Waals surface area contributed by atoms with Gasteiger partial charge in [0.2, 0.25) is 6.41 Å². The van der Waals surface area contributed by atoms with Crippen molar-refractivity contribution in [2.75, 3.05) is 14.1 Å². The van der Waals surface area contributed by atoms with Gasteiger partial charge in [-0.1, -0.05) is 47.5 Å². The first-order valence-corrected chi connectivity index (χ1v) is 11.4. The van der Waals surface area contributed by atoms with Crippen LogP contribution in [-0.4, -0.2) is 42.0 Å². The molecule has 1 aliphatic carbocycles. The van der Waals surface area contributed by atoms with Crippen LogP contribution in [0.25, 0.3) is 0 Å². The minimum absolute atomic E-state index is 0.125. The van der Waals surface area contributed by atoms with E-state index in [0.29, 0.717) is 16.6 Å². The summed E-state index contributed by atoms with van der Waals surface area (Å²) >= 11 is 12.4. The van der Waals surface area contributed by atoms with Gasteiger partial charge in [-0.05, 0) is 68.0 Å². The summed E-state index contributed by atoms with van der Waals surface area (Å²) in [4.78, 5) is 27.2. The van der Waals surface area contributed by atoms with Gasteiger partial charge in [-0.3, -0.25) is 4.79 Å². The highest BCUT2D eigenvalue weighted by Crippen LogP contribution is 2.45. The molecule has 0 fully saturated rings. The number of carbonyl (C=O) groups excluding carboxylic acids is 2. The van der Waals surface area contributed by atoms with E-state index in [1.165, 1.54) is 0 Å². The fourth-order valence-electron chi connectivity index (χ4n) is 4.23. The van der Waals surface area contributed by atoms with E-state index in [1.807, 2.05) is 45.0 Å². The Morgan fingerprint density at radius 3 is 2.41 bits per heavy atom. The lowest BCUT2D eigenvalue weighted by Gasteiger charge is -2.38. The molecule has 0 N–H and O–H groups in total. The lowest BCUT2D eigenvalue weighted by molar-refractivity contribution is -0.117. The second-order valence-corrected chi connectivity index (χ2v) is 10.2. The molecule has 2 aromatic rings. The van der Waals surface area contributed by atoms with Gasteiger partial charge in [-0.2, -0.15) is 0 Å². The number of ether oxygens (including phenoxy) is 1. The van der Waals surface area contributed by atoms with Gasteiger partial charge in [0, 0.05) is 26.6 Å². The molecular weight excluding hydrogens is 447 g/mol. The van der Waals surface area contributed by atoms with Crippen molar-refractivity contribution in [1.29, 1.82) is 0 Å². The third-order valence-corrected chi connectivity index (χ3v) is 6.46. The molecule has 0 radical (unpaired) electrons. The Kier molecular flexibility index (Phi) is 7.41. The average Bonchev–Trinajstić information content (AvgIpc) is 2.73. The first-order valence-electron chi connectivity index (χ1n) is 10.7. The second-order valence-electron chi connectivity index (χ2n) is 9.39. The standard InChI is InChI=1S/C25H30Cl2N2O3/c1-25(2,3)32-24(31)29(5)23-11-9-18(17-7-10-21(26)22(27)13-17)19-8-6-16(12-20(19)23)14-28(4)15-30/h6-8,10,12-13,15,18,23H,9,11,14H2,1-5H3/t18-,23-/m0/s1. The Morgan fingerprint density at radius 2 is 1.78 bits per heavy atom. The Bertz CT molecular complexity index is 1000. The molecular formula is C25H30Cl2N2O3. The average molecular weight is 477 g/mol. The van der Waals surface area contributed by atoms with Crippen LogP contribution in [0, 0.1) is 0 Å². The molecule has 0 saturated carbocycles. The minimum atomic E-state index is -0.569. The summed E-state index contributed by atoms with van der Waals surface area (Å²) in [5.41, 5.74) is 3.75. The van der Waals surface area contributed by atoms with Gasteiger partial charge in [-0.25, -0.2) is 4.79 Å². The molecule has 0 bridgehead atoms. The normalized spacial score (nSPS) is 18.0. The van der Waals surface area contributed by atoms with Gasteiger partial charge in [0.25, 0.3) is 0 Å². The quantitative estimate of drug-likeness (QED) is 0.468. The molecule has 0 heterocycles. The van der Waals surface area contributed by atoms with Crippen LogP contribution in [0.2, 0.25) is 10.0 Å². The van der Waals surface area contributed by atoms with Crippen LogP contribution in [-0.2, 0) is 16.1 Å². The van der Waals surface area contributed by atoms with Crippen molar-refractivity contribution < 1.29 is 14.3 Å². The molecule has 172 valence electrons. The van der Waals surface area contributed by atoms with Crippen molar-refractivity contribution in [3.63, 3.8) is 0 Å². The first kappa shape index (κ1) is 24.4.